The third-order valence-electron chi connectivity index (χ3n) is 3.73. The minimum atomic E-state index is -0.319. The smallest absolute Gasteiger partial charge is 0.230 e. The second-order valence-corrected chi connectivity index (χ2v) is 7.24. The van der Waals surface area contributed by atoms with Gasteiger partial charge in [0.25, 0.3) is 0 Å². The van der Waals surface area contributed by atoms with E-state index in [0.717, 1.165) is 10.0 Å². The Balaban J connectivity index is 1.63. The number of benzene rings is 1. The SMILES string of the molecule is CC(Cn1cc(Br)cn1)C(=O)Nc1nn(Cc2ccc(F)cc2)cc1Cl. The molecule has 9 heteroatoms. The Morgan fingerprint density at radius 1 is 1.31 bits per heavy atom. The molecule has 0 fully saturated rings. The lowest BCUT2D eigenvalue weighted by atomic mass is 10.1. The Hall–Kier alpha value is -2.19. The van der Waals surface area contributed by atoms with Crippen LogP contribution in [0.4, 0.5) is 10.2 Å². The van der Waals surface area contributed by atoms with Gasteiger partial charge in [-0.15, -0.1) is 0 Å². The first-order valence-electron chi connectivity index (χ1n) is 7.87. The number of halogens is 3. The maximum Gasteiger partial charge on any atom is 0.230 e. The molecule has 1 N–H and O–H groups in total. The minimum Gasteiger partial charge on any atom is -0.308 e. The van der Waals surface area contributed by atoms with Crippen molar-refractivity contribution in [3.8, 4) is 0 Å². The van der Waals surface area contributed by atoms with E-state index in [0.29, 0.717) is 23.9 Å². The number of rotatable bonds is 6. The summed E-state index contributed by atoms with van der Waals surface area (Å²) in [6, 6.07) is 6.12. The second-order valence-electron chi connectivity index (χ2n) is 5.92. The molecule has 1 aromatic carbocycles. The normalized spacial score (nSPS) is 12.2. The van der Waals surface area contributed by atoms with Gasteiger partial charge in [-0.2, -0.15) is 10.2 Å². The Labute approximate surface area is 163 Å². The van der Waals surface area contributed by atoms with Crippen LogP contribution in [0.25, 0.3) is 0 Å². The Morgan fingerprint density at radius 2 is 2.04 bits per heavy atom. The van der Waals surface area contributed by atoms with Crippen molar-refractivity contribution in [3.05, 3.63) is 63.7 Å². The van der Waals surface area contributed by atoms with Gasteiger partial charge in [0, 0.05) is 12.4 Å². The van der Waals surface area contributed by atoms with Gasteiger partial charge in [-0.05, 0) is 33.6 Å². The van der Waals surface area contributed by atoms with E-state index >= 15 is 0 Å². The van der Waals surface area contributed by atoms with E-state index in [4.69, 9.17) is 11.6 Å². The van der Waals surface area contributed by atoms with Crippen LogP contribution in [0.3, 0.4) is 0 Å². The molecule has 0 aliphatic carbocycles. The summed E-state index contributed by atoms with van der Waals surface area (Å²) in [5, 5.41) is 11.5. The first-order valence-corrected chi connectivity index (χ1v) is 9.04. The Morgan fingerprint density at radius 3 is 2.69 bits per heavy atom. The lowest BCUT2D eigenvalue weighted by Crippen LogP contribution is -2.25. The van der Waals surface area contributed by atoms with Crippen LogP contribution < -0.4 is 5.32 Å². The molecule has 2 heterocycles. The summed E-state index contributed by atoms with van der Waals surface area (Å²) in [7, 11) is 0. The molecule has 1 atom stereocenters. The minimum absolute atomic E-state index is 0.203. The standard InChI is InChI=1S/C17H16BrClFN5O/c1-11(7-24-9-13(18)6-21-24)17(26)22-16-15(19)10-25(23-16)8-12-2-4-14(20)5-3-12/h2-6,9-11H,7-8H2,1H3,(H,22,23,26). The molecule has 1 amide bonds. The van der Waals surface area contributed by atoms with Crippen LogP contribution >= 0.6 is 27.5 Å². The third kappa shape index (κ3) is 4.70. The number of nitrogens with one attached hydrogen (secondary N) is 1. The molecule has 136 valence electrons. The van der Waals surface area contributed by atoms with E-state index in [1.807, 2.05) is 0 Å². The molecule has 0 spiro atoms. The molecule has 6 nitrogen and oxygen atoms in total. The lowest BCUT2D eigenvalue weighted by molar-refractivity contribution is -0.119. The highest BCUT2D eigenvalue weighted by Crippen LogP contribution is 2.21. The van der Waals surface area contributed by atoms with Crippen LogP contribution in [0, 0.1) is 11.7 Å². The second kappa shape index (κ2) is 8.01. The average Bonchev–Trinajstić information content (AvgIpc) is 3.15. The zero-order chi connectivity index (χ0) is 18.7. The van der Waals surface area contributed by atoms with Gasteiger partial charge >= 0.3 is 0 Å². The van der Waals surface area contributed by atoms with Crippen LogP contribution in [0.2, 0.25) is 5.02 Å². The number of anilines is 1. The summed E-state index contributed by atoms with van der Waals surface area (Å²) >= 11 is 9.49. The predicted molar refractivity (Wildman–Crippen MR) is 100 cm³/mol. The Kier molecular flexibility index (Phi) is 5.73. The largest absolute Gasteiger partial charge is 0.308 e. The van der Waals surface area contributed by atoms with Crippen molar-refractivity contribution in [3.63, 3.8) is 0 Å². The fourth-order valence-electron chi connectivity index (χ4n) is 2.38. The molecule has 2 aromatic heterocycles. The topological polar surface area (TPSA) is 64.7 Å². The van der Waals surface area contributed by atoms with Crippen molar-refractivity contribution < 1.29 is 9.18 Å². The highest BCUT2D eigenvalue weighted by molar-refractivity contribution is 9.10. The van der Waals surface area contributed by atoms with Gasteiger partial charge in [0.2, 0.25) is 5.91 Å². The first kappa shape index (κ1) is 18.6. The van der Waals surface area contributed by atoms with E-state index < -0.39 is 0 Å². The van der Waals surface area contributed by atoms with E-state index in [-0.39, 0.29) is 17.6 Å². The summed E-state index contributed by atoms with van der Waals surface area (Å²) in [6.07, 6.45) is 5.09. The molecule has 1 unspecified atom stereocenters. The van der Waals surface area contributed by atoms with E-state index in [9.17, 15) is 9.18 Å². The summed E-state index contributed by atoms with van der Waals surface area (Å²) in [6.45, 7) is 2.66. The summed E-state index contributed by atoms with van der Waals surface area (Å²) in [5.41, 5.74) is 0.876. The van der Waals surface area contributed by atoms with Crippen molar-refractivity contribution in [1.29, 1.82) is 0 Å². The van der Waals surface area contributed by atoms with Gasteiger partial charge < -0.3 is 5.32 Å². The van der Waals surface area contributed by atoms with E-state index in [1.54, 1.807) is 47.0 Å². The van der Waals surface area contributed by atoms with Gasteiger partial charge in [0.1, 0.15) is 10.8 Å². The maximum absolute atomic E-state index is 13.0. The molecule has 0 saturated carbocycles. The average molecular weight is 441 g/mol. The zero-order valence-electron chi connectivity index (χ0n) is 13.9. The molecular weight excluding hydrogens is 425 g/mol. The van der Waals surface area contributed by atoms with Gasteiger partial charge in [-0.3, -0.25) is 14.2 Å². The number of carbonyl (C=O) groups excluding carboxylic acids is 1. The van der Waals surface area contributed by atoms with Crippen LogP contribution in [0.5, 0.6) is 0 Å². The quantitative estimate of drug-likeness (QED) is 0.631. The molecule has 0 aliphatic heterocycles. The maximum atomic E-state index is 13.0. The molecule has 0 bridgehead atoms. The fraction of sp³-hybridized carbons (Fsp3) is 0.235. The molecule has 0 radical (unpaired) electrons. The van der Waals surface area contributed by atoms with Gasteiger partial charge in [0.05, 0.1) is 29.7 Å². The van der Waals surface area contributed by atoms with Crippen molar-refractivity contribution in [2.75, 3.05) is 5.32 Å². The molecule has 0 saturated heterocycles. The number of aromatic nitrogens is 4. The van der Waals surface area contributed by atoms with Crippen LogP contribution in [-0.2, 0) is 17.9 Å². The number of amides is 1. The van der Waals surface area contributed by atoms with Crippen molar-refractivity contribution in [1.82, 2.24) is 19.6 Å². The molecule has 26 heavy (non-hydrogen) atoms. The van der Waals surface area contributed by atoms with Crippen molar-refractivity contribution >= 4 is 39.3 Å². The number of hydrogen-bond acceptors (Lipinski definition) is 3. The zero-order valence-corrected chi connectivity index (χ0v) is 16.2. The van der Waals surface area contributed by atoms with Crippen molar-refractivity contribution in [2.24, 2.45) is 5.92 Å². The van der Waals surface area contributed by atoms with Gasteiger partial charge in [0.15, 0.2) is 5.82 Å². The summed E-state index contributed by atoms with van der Waals surface area (Å²) in [4.78, 5) is 12.4. The molecule has 3 aromatic rings. The summed E-state index contributed by atoms with van der Waals surface area (Å²) < 4.78 is 17.1. The number of carbonyl (C=O) groups is 1. The molecular formula is C17H16BrClFN5O. The number of hydrogen-bond donors (Lipinski definition) is 1. The van der Waals surface area contributed by atoms with Crippen LogP contribution in [-0.4, -0.2) is 25.5 Å². The number of nitrogens with zero attached hydrogens (tertiary/aromatic N) is 4. The van der Waals surface area contributed by atoms with Gasteiger partial charge in [-0.25, -0.2) is 4.39 Å². The van der Waals surface area contributed by atoms with Crippen LogP contribution in [0.1, 0.15) is 12.5 Å². The summed E-state index contributed by atoms with van der Waals surface area (Å²) in [5.74, 6) is -0.517. The predicted octanol–water partition coefficient (Wildman–Crippen LogP) is 3.96. The fourth-order valence-corrected chi connectivity index (χ4v) is 2.91. The van der Waals surface area contributed by atoms with Crippen molar-refractivity contribution in [2.45, 2.75) is 20.0 Å². The highest BCUT2D eigenvalue weighted by Gasteiger charge is 2.17. The molecule has 0 aliphatic rings. The van der Waals surface area contributed by atoms with E-state index in [2.05, 4.69) is 31.4 Å². The first-order chi connectivity index (χ1) is 12.4. The van der Waals surface area contributed by atoms with Crippen LogP contribution in [0.15, 0.2) is 47.3 Å². The van der Waals surface area contributed by atoms with E-state index in [1.165, 1.54) is 12.1 Å². The lowest BCUT2D eigenvalue weighted by Gasteiger charge is -2.11. The highest BCUT2D eigenvalue weighted by atomic mass is 79.9. The molecule has 3 rings (SSSR count). The Bertz CT molecular complexity index is 908. The monoisotopic (exact) mass is 439 g/mol. The third-order valence-corrected chi connectivity index (χ3v) is 4.41. The van der Waals surface area contributed by atoms with Gasteiger partial charge in [-0.1, -0.05) is 30.7 Å².